The van der Waals surface area contributed by atoms with Crippen LogP contribution in [0.1, 0.15) is 37.4 Å². The zero-order valence-electron chi connectivity index (χ0n) is 14.9. The molecule has 0 unspecified atom stereocenters. The first-order chi connectivity index (χ1) is 12.7. The molecule has 5 nitrogen and oxygen atoms in total. The number of sulfonamides is 1. The van der Waals surface area contributed by atoms with Crippen LogP contribution in [-0.4, -0.2) is 20.5 Å². The van der Waals surface area contributed by atoms with Gasteiger partial charge in [-0.3, -0.25) is 14.3 Å². The summed E-state index contributed by atoms with van der Waals surface area (Å²) < 4.78 is 28.1. The van der Waals surface area contributed by atoms with Gasteiger partial charge in [0.1, 0.15) is 0 Å². The number of Topliss-reactive ketones (excluding diaryl/α,β-unsaturated/α-hetero) is 1. The Balaban J connectivity index is 1.98. The van der Waals surface area contributed by atoms with Gasteiger partial charge in [0.05, 0.1) is 20.3 Å². The Kier molecular flexibility index (Phi) is 5.32. The van der Waals surface area contributed by atoms with Crippen LogP contribution in [0.15, 0.2) is 41.3 Å². The van der Waals surface area contributed by atoms with Gasteiger partial charge in [0.15, 0.2) is 12.1 Å². The first kappa shape index (κ1) is 19.5. The number of carbonyl (C=O) groups is 2. The van der Waals surface area contributed by atoms with E-state index in [4.69, 9.17) is 0 Å². The molecular formula is C19H17NO4S3. The van der Waals surface area contributed by atoms with E-state index in [9.17, 15) is 18.0 Å². The minimum Gasteiger partial charge on any atom is -0.297 e. The minimum absolute atomic E-state index is 0.0332. The molecule has 0 amide bonds. The Morgan fingerprint density at radius 2 is 1.78 bits per heavy atom. The highest BCUT2D eigenvalue weighted by molar-refractivity contribution is 7.92. The molecule has 0 bridgehead atoms. The summed E-state index contributed by atoms with van der Waals surface area (Å²) in [6.07, 6.45) is 0.632. The summed E-state index contributed by atoms with van der Waals surface area (Å²) in [6, 6.07) is 10.2. The Bertz CT molecular complexity index is 1140. The maximum atomic E-state index is 12.8. The second-order valence-corrected chi connectivity index (χ2v) is 9.92. The van der Waals surface area contributed by atoms with E-state index in [1.165, 1.54) is 29.6 Å². The van der Waals surface area contributed by atoms with E-state index in [1.54, 1.807) is 43.3 Å². The molecule has 0 spiro atoms. The summed E-state index contributed by atoms with van der Waals surface area (Å²) in [6.45, 7) is 5.11. The smallest absolute Gasteiger partial charge is 0.262 e. The molecule has 8 heteroatoms. The molecule has 0 atom stereocenters. The predicted molar refractivity (Wildman–Crippen MR) is 110 cm³/mol. The third-order valence-electron chi connectivity index (χ3n) is 3.93. The number of aryl methyl sites for hydroxylation is 2. The van der Waals surface area contributed by atoms with Crippen molar-refractivity contribution in [2.45, 2.75) is 25.7 Å². The minimum atomic E-state index is -3.82. The molecule has 0 aliphatic carbocycles. The number of hydrogen-bond acceptors (Lipinski definition) is 6. The van der Waals surface area contributed by atoms with Crippen molar-refractivity contribution >= 4 is 50.5 Å². The van der Waals surface area contributed by atoms with E-state index in [0.717, 1.165) is 15.3 Å². The molecule has 0 radical (unpaired) electrons. The molecule has 27 heavy (non-hydrogen) atoms. The Morgan fingerprint density at radius 1 is 1.04 bits per heavy atom. The second kappa shape index (κ2) is 7.38. The summed E-state index contributed by atoms with van der Waals surface area (Å²) >= 11 is 2.50. The van der Waals surface area contributed by atoms with Crippen molar-refractivity contribution in [1.82, 2.24) is 0 Å². The van der Waals surface area contributed by atoms with Crippen molar-refractivity contribution < 1.29 is 18.0 Å². The van der Waals surface area contributed by atoms with Gasteiger partial charge in [0.25, 0.3) is 10.0 Å². The van der Waals surface area contributed by atoms with Gasteiger partial charge in [-0.1, -0.05) is 17.7 Å². The summed E-state index contributed by atoms with van der Waals surface area (Å²) in [5, 5.41) is 0. The van der Waals surface area contributed by atoms with Crippen LogP contribution >= 0.6 is 22.7 Å². The predicted octanol–water partition coefficient (Wildman–Crippen LogP) is 4.91. The van der Waals surface area contributed by atoms with Gasteiger partial charge in [-0.15, -0.1) is 22.7 Å². The summed E-state index contributed by atoms with van der Waals surface area (Å²) in [7, 11) is -3.82. The van der Waals surface area contributed by atoms with Crippen molar-refractivity contribution in [2.75, 3.05) is 4.72 Å². The monoisotopic (exact) mass is 419 g/mol. The lowest BCUT2D eigenvalue weighted by Gasteiger charge is -2.10. The van der Waals surface area contributed by atoms with Crippen LogP contribution in [-0.2, 0) is 10.0 Å². The van der Waals surface area contributed by atoms with Gasteiger partial charge < -0.3 is 0 Å². The molecule has 2 aromatic heterocycles. The topological polar surface area (TPSA) is 80.3 Å². The SMILES string of the molecule is CC(=O)c1ccc(-c2cc(NS(=O)(=O)c3ccc(C)cc3C)c(C=O)s2)s1. The number of hydrogen-bond donors (Lipinski definition) is 1. The molecular weight excluding hydrogens is 402 g/mol. The molecule has 0 aliphatic heterocycles. The van der Waals surface area contributed by atoms with Crippen molar-refractivity contribution in [3.63, 3.8) is 0 Å². The van der Waals surface area contributed by atoms with Crippen molar-refractivity contribution in [1.29, 1.82) is 0 Å². The fourth-order valence-electron chi connectivity index (χ4n) is 2.65. The van der Waals surface area contributed by atoms with Crippen LogP contribution in [0.3, 0.4) is 0 Å². The van der Waals surface area contributed by atoms with Gasteiger partial charge in [0.2, 0.25) is 0 Å². The molecule has 1 aromatic carbocycles. The molecule has 3 aromatic rings. The number of carbonyl (C=O) groups excluding carboxylic acids is 2. The largest absolute Gasteiger partial charge is 0.297 e. The third kappa shape index (κ3) is 4.02. The number of nitrogens with one attached hydrogen (secondary N) is 1. The molecule has 0 aliphatic rings. The van der Waals surface area contributed by atoms with Crippen LogP contribution in [0, 0.1) is 13.8 Å². The maximum Gasteiger partial charge on any atom is 0.262 e. The molecule has 140 valence electrons. The van der Waals surface area contributed by atoms with Crippen LogP contribution in [0.5, 0.6) is 0 Å². The van der Waals surface area contributed by atoms with E-state index < -0.39 is 10.0 Å². The average Bonchev–Trinajstić information content (AvgIpc) is 3.20. The Hall–Kier alpha value is -2.29. The van der Waals surface area contributed by atoms with Crippen LogP contribution in [0.25, 0.3) is 9.75 Å². The standard InChI is InChI=1S/C19H17NO4S3/c1-11-4-7-19(12(2)8-11)27(23,24)20-14-9-17(26-18(14)10-21)16-6-5-15(25-16)13(3)22/h4-10,20H,1-3H3. The van der Waals surface area contributed by atoms with Crippen molar-refractivity contribution in [3.05, 3.63) is 57.3 Å². The maximum absolute atomic E-state index is 12.8. The molecule has 2 heterocycles. The van der Waals surface area contributed by atoms with Crippen LogP contribution < -0.4 is 4.72 Å². The van der Waals surface area contributed by atoms with Crippen LogP contribution in [0.4, 0.5) is 5.69 Å². The molecule has 0 saturated heterocycles. The summed E-state index contributed by atoms with van der Waals surface area (Å²) in [5.74, 6) is -0.0332. The van der Waals surface area contributed by atoms with Gasteiger partial charge in [0, 0.05) is 9.75 Å². The van der Waals surface area contributed by atoms with Crippen LogP contribution in [0.2, 0.25) is 0 Å². The van der Waals surface area contributed by atoms with Gasteiger partial charge in [-0.25, -0.2) is 8.42 Å². The average molecular weight is 420 g/mol. The highest BCUT2D eigenvalue weighted by Gasteiger charge is 2.21. The second-order valence-electron chi connectivity index (χ2n) is 6.10. The first-order valence-corrected chi connectivity index (χ1v) is 11.1. The van der Waals surface area contributed by atoms with Gasteiger partial charge in [-0.2, -0.15) is 0 Å². The first-order valence-electron chi connectivity index (χ1n) is 8.01. The lowest BCUT2D eigenvalue weighted by molar-refractivity contribution is 0.102. The molecule has 0 saturated carbocycles. The van der Waals surface area contributed by atoms with E-state index in [1.807, 2.05) is 6.92 Å². The van der Waals surface area contributed by atoms with Gasteiger partial charge >= 0.3 is 0 Å². The van der Waals surface area contributed by atoms with E-state index in [0.29, 0.717) is 16.7 Å². The number of rotatable bonds is 6. The lowest BCUT2D eigenvalue weighted by Crippen LogP contribution is -2.14. The zero-order chi connectivity index (χ0) is 19.8. The fourth-order valence-corrected chi connectivity index (χ4v) is 5.93. The number of ketones is 1. The Labute approximate surface area is 165 Å². The van der Waals surface area contributed by atoms with Gasteiger partial charge in [-0.05, 0) is 50.6 Å². The third-order valence-corrected chi connectivity index (χ3v) is 7.90. The Morgan fingerprint density at radius 3 is 2.37 bits per heavy atom. The van der Waals surface area contributed by atoms with E-state index in [-0.39, 0.29) is 21.2 Å². The highest BCUT2D eigenvalue weighted by atomic mass is 32.2. The van der Waals surface area contributed by atoms with Crippen molar-refractivity contribution in [2.24, 2.45) is 0 Å². The molecule has 1 N–H and O–H groups in total. The van der Waals surface area contributed by atoms with E-state index in [2.05, 4.69) is 4.72 Å². The van der Waals surface area contributed by atoms with E-state index >= 15 is 0 Å². The zero-order valence-corrected chi connectivity index (χ0v) is 17.3. The van der Waals surface area contributed by atoms with Crippen molar-refractivity contribution in [3.8, 4) is 9.75 Å². The number of anilines is 1. The molecule has 0 fully saturated rings. The number of thiophene rings is 2. The quantitative estimate of drug-likeness (QED) is 0.455. The number of benzene rings is 1. The molecule has 3 rings (SSSR count). The summed E-state index contributed by atoms with van der Waals surface area (Å²) in [5.41, 5.74) is 1.84. The highest BCUT2D eigenvalue weighted by Crippen LogP contribution is 2.38. The number of aldehydes is 1. The normalized spacial score (nSPS) is 11.4. The summed E-state index contributed by atoms with van der Waals surface area (Å²) in [4.78, 5) is 25.5. The fraction of sp³-hybridized carbons (Fsp3) is 0.158. The lowest BCUT2D eigenvalue weighted by atomic mass is 10.2.